The highest BCUT2D eigenvalue weighted by Crippen LogP contribution is 2.79. The van der Waals surface area contributed by atoms with Gasteiger partial charge in [0.25, 0.3) is 0 Å². The first-order chi connectivity index (χ1) is 13.2. The van der Waals surface area contributed by atoms with E-state index in [0.29, 0.717) is 9.14 Å². The number of carbonyl (C=O) groups is 1. The van der Waals surface area contributed by atoms with Gasteiger partial charge in [-0.3, -0.25) is 4.79 Å². The Morgan fingerprint density at radius 1 is 1.11 bits per heavy atom. The van der Waals surface area contributed by atoms with Crippen molar-refractivity contribution in [1.82, 2.24) is 0 Å². The molecule has 2 aromatic rings. The van der Waals surface area contributed by atoms with Crippen LogP contribution in [0.25, 0.3) is 0 Å². The van der Waals surface area contributed by atoms with Crippen LogP contribution in [0.4, 0.5) is 0 Å². The lowest BCUT2D eigenvalue weighted by atomic mass is 9.79. The Labute approximate surface area is 181 Å². The summed E-state index contributed by atoms with van der Waals surface area (Å²) in [5.74, 6) is -1.17. The highest BCUT2D eigenvalue weighted by Gasteiger charge is 2.90. The summed E-state index contributed by atoms with van der Waals surface area (Å²) in [6, 6.07) is 20.7. The van der Waals surface area contributed by atoms with Gasteiger partial charge in [0.2, 0.25) is 0 Å². The number of halogens is 2. The Hall–Kier alpha value is -2.10. The number of nitriles is 1. The maximum atomic E-state index is 12.6. The minimum atomic E-state index is -1.42. The van der Waals surface area contributed by atoms with E-state index in [-0.39, 0.29) is 0 Å². The molecule has 4 unspecified atom stereocenters. The number of nitrogens with zero attached hydrogens (tertiary/aromatic N) is 1. The lowest BCUT2D eigenvalue weighted by molar-refractivity contribution is -0.144. The van der Waals surface area contributed by atoms with E-state index in [1.165, 1.54) is 0 Å². The predicted octanol–water partition coefficient (Wildman–Crippen LogP) is 5.85. The van der Waals surface area contributed by atoms with Crippen molar-refractivity contribution in [3.05, 3.63) is 75.7 Å². The summed E-state index contributed by atoms with van der Waals surface area (Å²) in [5, 5.41) is 20.4. The molecule has 0 radical (unpaired) electrons. The second-order valence-electron chi connectivity index (χ2n) is 7.17. The maximum absolute atomic E-state index is 12.6. The zero-order chi connectivity index (χ0) is 20.6. The Morgan fingerprint density at radius 3 is 2.11 bits per heavy atom. The van der Waals surface area contributed by atoms with Crippen LogP contribution in [-0.2, 0) is 4.79 Å². The van der Waals surface area contributed by atoms with Crippen LogP contribution in [-0.4, -0.2) is 16.7 Å². The molecule has 2 aromatic carbocycles. The number of para-hydroxylation sites is 1. The number of hydrogen-bond donors (Lipinski definition) is 1. The summed E-state index contributed by atoms with van der Waals surface area (Å²) < 4.78 is 6.79. The third kappa shape index (κ3) is 2.80. The summed E-state index contributed by atoms with van der Waals surface area (Å²) >= 11 is 6.62. The lowest BCUT2D eigenvalue weighted by Gasteiger charge is -2.24. The number of hydrogen-bond acceptors (Lipinski definition) is 3. The summed E-state index contributed by atoms with van der Waals surface area (Å²) in [5.41, 5.74) is -2.84. The first kappa shape index (κ1) is 20.6. The number of carboxylic acids is 1. The summed E-state index contributed by atoms with van der Waals surface area (Å²) in [4.78, 5) is 12.6. The third-order valence-electron chi connectivity index (χ3n) is 6.07. The van der Waals surface area contributed by atoms with E-state index in [2.05, 4.69) is 37.9 Å². The van der Waals surface area contributed by atoms with E-state index in [1.54, 1.807) is 25.1 Å². The molecular formula is C22H19Br2NO3. The van der Waals surface area contributed by atoms with Crippen LogP contribution in [0.2, 0.25) is 0 Å². The first-order valence-corrected chi connectivity index (χ1v) is 10.3. The molecule has 0 aliphatic heterocycles. The zero-order valence-electron chi connectivity index (χ0n) is 15.4. The molecule has 1 fully saturated rings. The van der Waals surface area contributed by atoms with Crippen LogP contribution in [0.3, 0.4) is 0 Å². The molecule has 144 valence electrons. The van der Waals surface area contributed by atoms with Crippen LogP contribution in [0.15, 0.2) is 70.1 Å². The average molecular weight is 505 g/mol. The summed E-state index contributed by atoms with van der Waals surface area (Å²) in [6.07, 6.45) is 1.59. The second kappa shape index (κ2) is 7.38. The third-order valence-corrected chi connectivity index (χ3v) is 6.53. The molecule has 28 heavy (non-hydrogen) atoms. The van der Waals surface area contributed by atoms with Gasteiger partial charge in [0, 0.05) is 0 Å². The first-order valence-electron chi connectivity index (χ1n) is 8.70. The largest absolute Gasteiger partial charge is 0.485 e. The molecule has 0 amide bonds. The Morgan fingerprint density at radius 2 is 1.64 bits per heavy atom. The van der Waals surface area contributed by atoms with Gasteiger partial charge in [-0.05, 0) is 62.6 Å². The molecule has 1 saturated carbocycles. The predicted molar refractivity (Wildman–Crippen MR) is 114 cm³/mol. The number of aliphatic carboxylic acids is 1. The Kier molecular flexibility index (Phi) is 5.44. The topological polar surface area (TPSA) is 70.3 Å². The van der Waals surface area contributed by atoms with Crippen LogP contribution in [0.1, 0.15) is 25.3 Å². The van der Waals surface area contributed by atoms with Gasteiger partial charge >= 0.3 is 5.97 Å². The van der Waals surface area contributed by atoms with Crippen molar-refractivity contribution in [3.8, 4) is 11.8 Å². The van der Waals surface area contributed by atoms with Crippen molar-refractivity contribution in [1.29, 1.82) is 5.26 Å². The van der Waals surface area contributed by atoms with Crippen molar-refractivity contribution in [3.63, 3.8) is 0 Å². The lowest BCUT2D eigenvalue weighted by Crippen LogP contribution is -2.29. The van der Waals surface area contributed by atoms with E-state index < -0.39 is 28.3 Å². The standard InChI is InChI=1S/C22H19Br2NO3/c1-20(17(14-25)15-9-5-3-6-10-15)21(2,28-16-11-7-4-8-12-16)22(20,19(26)27)13-18(23)24/h3-13,17H,1-2H3,(H,26,27). The quantitative estimate of drug-likeness (QED) is 0.535. The Balaban J connectivity index is 2.21. The van der Waals surface area contributed by atoms with E-state index in [0.717, 1.165) is 5.56 Å². The Bertz CT molecular complexity index is 953. The SMILES string of the molecule is CC1(Oc2ccccc2)C(C=C(Br)Br)(C(=O)O)C1(C)C(C#N)c1ccccc1. The molecule has 0 heterocycles. The average Bonchev–Trinajstić information content (AvgIpc) is 3.07. The monoisotopic (exact) mass is 503 g/mol. The van der Waals surface area contributed by atoms with Crippen LogP contribution < -0.4 is 4.74 Å². The number of benzene rings is 2. The van der Waals surface area contributed by atoms with Crippen LogP contribution in [0, 0.1) is 22.2 Å². The van der Waals surface area contributed by atoms with Gasteiger partial charge in [-0.15, -0.1) is 0 Å². The molecule has 3 rings (SSSR count). The maximum Gasteiger partial charge on any atom is 0.318 e. The smallest absolute Gasteiger partial charge is 0.318 e. The normalized spacial score (nSPS) is 29.2. The molecule has 1 N–H and O–H groups in total. The minimum Gasteiger partial charge on any atom is -0.485 e. The number of carboxylic acid groups (broad SMARTS) is 1. The van der Waals surface area contributed by atoms with Crippen LogP contribution >= 0.6 is 31.9 Å². The van der Waals surface area contributed by atoms with Crippen molar-refractivity contribution < 1.29 is 14.6 Å². The molecule has 0 bridgehead atoms. The van der Waals surface area contributed by atoms with Gasteiger partial charge in [-0.25, -0.2) is 0 Å². The second-order valence-corrected chi connectivity index (χ2v) is 9.94. The highest BCUT2D eigenvalue weighted by atomic mass is 79.9. The van der Waals surface area contributed by atoms with E-state index in [1.807, 2.05) is 55.5 Å². The van der Waals surface area contributed by atoms with Crippen LogP contribution in [0.5, 0.6) is 5.75 Å². The number of rotatable bonds is 6. The number of ether oxygens (including phenoxy) is 1. The molecule has 4 atom stereocenters. The fourth-order valence-electron chi connectivity index (χ4n) is 4.47. The van der Waals surface area contributed by atoms with Gasteiger partial charge in [-0.2, -0.15) is 5.26 Å². The van der Waals surface area contributed by atoms with Gasteiger partial charge in [-0.1, -0.05) is 55.5 Å². The van der Waals surface area contributed by atoms with E-state index in [4.69, 9.17) is 4.74 Å². The fraction of sp³-hybridized carbons (Fsp3) is 0.273. The molecule has 4 nitrogen and oxygen atoms in total. The van der Waals surface area contributed by atoms with Crippen molar-refractivity contribution in [2.75, 3.05) is 0 Å². The van der Waals surface area contributed by atoms with Crippen molar-refractivity contribution in [2.24, 2.45) is 10.8 Å². The molecule has 1 aliphatic rings. The van der Waals surface area contributed by atoms with Gasteiger partial charge in [0.15, 0.2) is 0 Å². The summed E-state index contributed by atoms with van der Waals surface area (Å²) in [6.45, 7) is 3.57. The van der Waals surface area contributed by atoms with Gasteiger partial charge in [0.05, 0.1) is 20.8 Å². The molecular weight excluding hydrogens is 486 g/mol. The van der Waals surface area contributed by atoms with Crippen molar-refractivity contribution in [2.45, 2.75) is 25.4 Å². The molecule has 1 aliphatic carbocycles. The molecule has 0 saturated heterocycles. The minimum absolute atomic E-state index is 0.499. The molecule has 0 spiro atoms. The van der Waals surface area contributed by atoms with E-state index >= 15 is 0 Å². The highest BCUT2D eigenvalue weighted by molar-refractivity contribution is 9.28. The summed E-state index contributed by atoms with van der Waals surface area (Å²) in [7, 11) is 0. The molecule has 0 aromatic heterocycles. The molecule has 6 heteroatoms. The van der Waals surface area contributed by atoms with Crippen molar-refractivity contribution >= 4 is 37.8 Å². The zero-order valence-corrected chi connectivity index (χ0v) is 18.6. The fourth-order valence-corrected chi connectivity index (χ4v) is 5.16. The van der Waals surface area contributed by atoms with E-state index in [9.17, 15) is 15.2 Å². The van der Waals surface area contributed by atoms with Gasteiger partial charge < -0.3 is 9.84 Å². The van der Waals surface area contributed by atoms with Gasteiger partial charge in [0.1, 0.15) is 16.8 Å².